The fourth-order valence-electron chi connectivity index (χ4n) is 3.45. The van der Waals surface area contributed by atoms with Gasteiger partial charge in [-0.05, 0) is 24.3 Å². The summed E-state index contributed by atoms with van der Waals surface area (Å²) < 4.78 is 13.0. The van der Waals surface area contributed by atoms with Crippen molar-refractivity contribution >= 4 is 17.5 Å². The molecule has 0 radical (unpaired) electrons. The average molecular weight is 351 g/mol. The van der Waals surface area contributed by atoms with E-state index in [1.807, 2.05) is 30.3 Å². The quantitative estimate of drug-likeness (QED) is 0.903. The molecule has 0 aliphatic carbocycles. The van der Waals surface area contributed by atoms with Crippen LogP contribution in [0.15, 0.2) is 59.6 Å². The molecule has 0 atom stereocenters. The van der Waals surface area contributed by atoms with Crippen molar-refractivity contribution in [1.82, 2.24) is 10.2 Å². The minimum Gasteiger partial charge on any atom is -0.338 e. The molecule has 0 bridgehead atoms. The third kappa shape index (κ3) is 2.98. The van der Waals surface area contributed by atoms with E-state index in [-0.39, 0.29) is 17.6 Å². The molecule has 6 heteroatoms. The van der Waals surface area contributed by atoms with Crippen LogP contribution < -0.4 is 5.32 Å². The van der Waals surface area contributed by atoms with Crippen molar-refractivity contribution in [2.45, 2.75) is 18.5 Å². The number of halogens is 1. The number of nitrogens with zero attached hydrogens (tertiary/aromatic N) is 2. The molecule has 1 N–H and O–H groups in total. The molecular formula is C20H18FN3O2. The normalized spacial score (nSPS) is 18.6. The number of rotatable bonds is 2. The first-order valence-corrected chi connectivity index (χ1v) is 8.59. The number of carbonyl (C=O) groups is 2. The molecule has 5 nitrogen and oxygen atoms in total. The van der Waals surface area contributed by atoms with E-state index in [1.165, 1.54) is 24.3 Å². The molecule has 1 spiro atoms. The van der Waals surface area contributed by atoms with Gasteiger partial charge in [-0.3, -0.25) is 14.6 Å². The molecule has 4 rings (SSSR count). The Morgan fingerprint density at radius 1 is 1.04 bits per heavy atom. The Bertz CT molecular complexity index is 870. The molecule has 1 saturated heterocycles. The number of piperidine rings is 1. The van der Waals surface area contributed by atoms with E-state index in [4.69, 9.17) is 0 Å². The lowest BCUT2D eigenvalue weighted by Crippen LogP contribution is -2.52. The van der Waals surface area contributed by atoms with Crippen molar-refractivity contribution in [3.8, 4) is 0 Å². The first kappa shape index (κ1) is 16.4. The topological polar surface area (TPSA) is 61.8 Å². The highest BCUT2D eigenvalue weighted by molar-refractivity contribution is 6.46. The van der Waals surface area contributed by atoms with Crippen molar-refractivity contribution in [1.29, 1.82) is 0 Å². The van der Waals surface area contributed by atoms with Crippen LogP contribution in [0.2, 0.25) is 0 Å². The SMILES string of the molecule is O=C1NC2(CCN(C(=O)c3ccc(F)cc3)CC2)N=C1c1ccccc1. The van der Waals surface area contributed by atoms with Crippen molar-refractivity contribution in [3.05, 3.63) is 71.5 Å². The Morgan fingerprint density at radius 2 is 1.69 bits per heavy atom. The molecule has 0 saturated carbocycles. The molecule has 2 aromatic rings. The van der Waals surface area contributed by atoms with Gasteiger partial charge in [0, 0.05) is 37.1 Å². The first-order chi connectivity index (χ1) is 12.6. The summed E-state index contributed by atoms with van der Waals surface area (Å²) in [6, 6.07) is 14.9. The molecule has 132 valence electrons. The molecule has 0 unspecified atom stereocenters. The van der Waals surface area contributed by atoms with Gasteiger partial charge in [-0.1, -0.05) is 30.3 Å². The van der Waals surface area contributed by atoms with Crippen LogP contribution in [-0.4, -0.2) is 41.2 Å². The maximum atomic E-state index is 13.0. The Morgan fingerprint density at radius 3 is 2.35 bits per heavy atom. The summed E-state index contributed by atoms with van der Waals surface area (Å²) in [5.41, 5.74) is 1.07. The minimum absolute atomic E-state index is 0.128. The highest BCUT2D eigenvalue weighted by Crippen LogP contribution is 2.29. The maximum Gasteiger partial charge on any atom is 0.272 e. The van der Waals surface area contributed by atoms with E-state index in [1.54, 1.807) is 4.90 Å². The van der Waals surface area contributed by atoms with Gasteiger partial charge < -0.3 is 10.2 Å². The van der Waals surface area contributed by atoms with E-state index >= 15 is 0 Å². The largest absolute Gasteiger partial charge is 0.338 e. The highest BCUT2D eigenvalue weighted by Gasteiger charge is 2.42. The molecule has 2 aliphatic rings. The molecule has 2 aliphatic heterocycles. The summed E-state index contributed by atoms with van der Waals surface area (Å²) in [4.78, 5) is 31.3. The highest BCUT2D eigenvalue weighted by atomic mass is 19.1. The zero-order chi connectivity index (χ0) is 18.1. The monoisotopic (exact) mass is 351 g/mol. The van der Waals surface area contributed by atoms with Gasteiger partial charge in [0.05, 0.1) is 0 Å². The lowest BCUT2D eigenvalue weighted by molar-refractivity contribution is -0.115. The van der Waals surface area contributed by atoms with Crippen LogP contribution in [0.3, 0.4) is 0 Å². The molecule has 1 fully saturated rings. The van der Waals surface area contributed by atoms with Crippen LogP contribution in [0, 0.1) is 5.82 Å². The number of hydrogen-bond donors (Lipinski definition) is 1. The van der Waals surface area contributed by atoms with Gasteiger partial charge in [-0.15, -0.1) is 0 Å². The van der Waals surface area contributed by atoms with Gasteiger partial charge in [0.25, 0.3) is 11.8 Å². The molecule has 2 heterocycles. The van der Waals surface area contributed by atoms with Gasteiger partial charge in [-0.25, -0.2) is 4.39 Å². The number of carbonyl (C=O) groups excluding carboxylic acids is 2. The molecular weight excluding hydrogens is 333 g/mol. The molecule has 2 amide bonds. The van der Waals surface area contributed by atoms with E-state index in [0.717, 1.165) is 5.56 Å². The Kier molecular flexibility index (Phi) is 4.03. The number of benzene rings is 2. The van der Waals surface area contributed by atoms with E-state index in [0.29, 0.717) is 37.2 Å². The third-order valence-electron chi connectivity index (χ3n) is 4.90. The second-order valence-electron chi connectivity index (χ2n) is 6.61. The third-order valence-corrected chi connectivity index (χ3v) is 4.90. The predicted molar refractivity (Wildman–Crippen MR) is 95.4 cm³/mol. The predicted octanol–water partition coefficient (Wildman–Crippen LogP) is 2.38. The molecule has 0 aromatic heterocycles. The summed E-state index contributed by atoms with van der Waals surface area (Å²) >= 11 is 0. The van der Waals surface area contributed by atoms with Crippen LogP contribution in [0.5, 0.6) is 0 Å². The Balaban J connectivity index is 1.48. The smallest absolute Gasteiger partial charge is 0.272 e. The lowest BCUT2D eigenvalue weighted by atomic mass is 9.97. The van der Waals surface area contributed by atoms with Crippen LogP contribution >= 0.6 is 0 Å². The van der Waals surface area contributed by atoms with Crippen molar-refractivity contribution < 1.29 is 14.0 Å². The van der Waals surface area contributed by atoms with Gasteiger partial charge in [0.2, 0.25) is 0 Å². The van der Waals surface area contributed by atoms with Crippen molar-refractivity contribution in [3.63, 3.8) is 0 Å². The van der Waals surface area contributed by atoms with E-state index < -0.39 is 5.66 Å². The van der Waals surface area contributed by atoms with Gasteiger partial charge in [0.1, 0.15) is 17.2 Å². The Labute approximate surface area is 150 Å². The zero-order valence-corrected chi connectivity index (χ0v) is 14.1. The van der Waals surface area contributed by atoms with Crippen LogP contribution in [0.1, 0.15) is 28.8 Å². The minimum atomic E-state index is -0.637. The van der Waals surface area contributed by atoms with E-state index in [2.05, 4.69) is 10.3 Å². The van der Waals surface area contributed by atoms with Gasteiger partial charge >= 0.3 is 0 Å². The summed E-state index contributed by atoms with van der Waals surface area (Å²) in [5, 5.41) is 2.99. The summed E-state index contributed by atoms with van der Waals surface area (Å²) in [7, 11) is 0. The second-order valence-corrected chi connectivity index (χ2v) is 6.61. The fraction of sp³-hybridized carbons (Fsp3) is 0.250. The van der Waals surface area contributed by atoms with Crippen LogP contribution in [-0.2, 0) is 4.79 Å². The average Bonchev–Trinajstić information content (AvgIpc) is 2.99. The maximum absolute atomic E-state index is 13.0. The van der Waals surface area contributed by atoms with E-state index in [9.17, 15) is 14.0 Å². The summed E-state index contributed by atoms with van der Waals surface area (Å²) in [5.74, 6) is -0.665. The van der Waals surface area contributed by atoms with Crippen LogP contribution in [0.25, 0.3) is 0 Å². The van der Waals surface area contributed by atoms with Gasteiger partial charge in [0.15, 0.2) is 0 Å². The molecule has 2 aromatic carbocycles. The number of amides is 2. The zero-order valence-electron chi connectivity index (χ0n) is 14.1. The van der Waals surface area contributed by atoms with Crippen molar-refractivity contribution in [2.24, 2.45) is 4.99 Å². The number of likely N-dealkylation sites (tertiary alicyclic amines) is 1. The summed E-state index contributed by atoms with van der Waals surface area (Å²) in [6.07, 6.45) is 1.12. The number of hydrogen-bond acceptors (Lipinski definition) is 3. The molecule has 26 heavy (non-hydrogen) atoms. The van der Waals surface area contributed by atoms with Gasteiger partial charge in [-0.2, -0.15) is 0 Å². The number of nitrogens with one attached hydrogen (secondary N) is 1. The first-order valence-electron chi connectivity index (χ1n) is 8.59. The standard InChI is InChI=1S/C20H18FN3O2/c21-16-8-6-15(7-9-16)19(26)24-12-10-20(11-13-24)22-17(18(25)23-20)14-4-2-1-3-5-14/h1-9H,10-13H2,(H,23,25). The second kappa shape index (κ2) is 6.37. The fourth-order valence-corrected chi connectivity index (χ4v) is 3.45. The van der Waals surface area contributed by atoms with Crippen molar-refractivity contribution in [2.75, 3.05) is 13.1 Å². The number of aliphatic imine (C=N–C) groups is 1. The van der Waals surface area contributed by atoms with Crippen LogP contribution in [0.4, 0.5) is 4.39 Å². The lowest BCUT2D eigenvalue weighted by Gasteiger charge is -2.37. The Hall–Kier alpha value is -3.02. The summed E-state index contributed by atoms with van der Waals surface area (Å²) in [6.45, 7) is 0.976.